The molecule has 0 aromatic heterocycles. The highest BCUT2D eigenvalue weighted by Gasteiger charge is 2.19. The zero-order chi connectivity index (χ0) is 14.0. The van der Waals surface area contributed by atoms with E-state index in [4.69, 9.17) is 5.11 Å². The maximum absolute atomic E-state index is 10.6. The van der Waals surface area contributed by atoms with Crippen LogP contribution in [0.2, 0.25) is 0 Å². The molecule has 6 heteroatoms. The Labute approximate surface area is 108 Å². The normalized spacial score (nSPS) is 12.1. The predicted octanol–water partition coefficient (Wildman–Crippen LogP) is 1.48. The van der Waals surface area contributed by atoms with Gasteiger partial charge < -0.3 is 5.11 Å². The first-order chi connectivity index (χ1) is 8.37. The molecule has 102 valence electrons. The Balaban J connectivity index is 0.000000397. The molecule has 1 atom stereocenters. The summed E-state index contributed by atoms with van der Waals surface area (Å²) in [6.45, 7) is 1.79. The minimum Gasteiger partial charge on any atom is -0.480 e. The van der Waals surface area contributed by atoms with Gasteiger partial charge in [-0.15, -0.1) is 0 Å². The fraction of sp³-hybridized carbons (Fsp3) is 0.417. The van der Waals surface area contributed by atoms with Crippen molar-refractivity contribution in [3.63, 3.8) is 0 Å². The number of hydrogen-bond acceptors (Lipinski definition) is 3. The smallest absolute Gasteiger partial charge is 0.321 e. The minimum atomic E-state index is -3.42. The molecule has 0 heterocycles. The lowest BCUT2D eigenvalue weighted by Crippen LogP contribution is -2.39. The Kier molecular flexibility index (Phi) is 7.98. The van der Waals surface area contributed by atoms with E-state index in [0.717, 1.165) is 6.26 Å². The summed E-state index contributed by atoms with van der Waals surface area (Å²) in [7, 11) is -3.42. The fourth-order valence-corrected chi connectivity index (χ4v) is 1.90. The number of nitrogens with one attached hydrogen (secondary N) is 1. The van der Waals surface area contributed by atoms with E-state index in [9.17, 15) is 13.2 Å². The zero-order valence-corrected chi connectivity index (χ0v) is 11.4. The van der Waals surface area contributed by atoms with E-state index in [1.807, 2.05) is 41.1 Å². The van der Waals surface area contributed by atoms with E-state index in [2.05, 4.69) is 0 Å². The highest BCUT2D eigenvalue weighted by atomic mass is 32.2. The second-order valence-electron chi connectivity index (χ2n) is 3.72. The molecule has 5 nitrogen and oxygen atoms in total. The van der Waals surface area contributed by atoms with Crippen LogP contribution in [-0.4, -0.2) is 31.8 Å². The second-order valence-corrected chi connectivity index (χ2v) is 5.50. The van der Waals surface area contributed by atoms with E-state index >= 15 is 0 Å². The number of carboxylic acids is 1. The van der Waals surface area contributed by atoms with Crippen molar-refractivity contribution in [1.82, 2.24) is 4.72 Å². The average molecular weight is 273 g/mol. The Morgan fingerprint density at radius 1 is 1.17 bits per heavy atom. The van der Waals surface area contributed by atoms with E-state index in [1.54, 1.807) is 6.92 Å². The van der Waals surface area contributed by atoms with Crippen LogP contribution >= 0.6 is 0 Å². The molecule has 0 saturated carbocycles. The number of sulfonamides is 1. The standard InChI is InChI=1S/C6H13NO4S.C6H6/c1-3-4-5(6(8)9)7-12(2,10)11;1-2-4-6-5-3-1/h5,7H,3-4H2,1-2H3,(H,8,9);1-6H. The SMILES string of the molecule is CCCC(NS(C)(=O)=O)C(=O)O.c1ccccc1. The Morgan fingerprint density at radius 3 is 1.78 bits per heavy atom. The van der Waals surface area contributed by atoms with Gasteiger partial charge in [0.05, 0.1) is 6.26 Å². The van der Waals surface area contributed by atoms with Crippen molar-refractivity contribution < 1.29 is 18.3 Å². The van der Waals surface area contributed by atoms with Gasteiger partial charge in [-0.3, -0.25) is 4.79 Å². The molecule has 2 N–H and O–H groups in total. The maximum atomic E-state index is 10.6. The third-order valence-electron chi connectivity index (χ3n) is 1.90. The van der Waals surface area contributed by atoms with E-state index in [1.165, 1.54) is 0 Å². The summed E-state index contributed by atoms with van der Waals surface area (Å²) < 4.78 is 23.3. The maximum Gasteiger partial charge on any atom is 0.321 e. The van der Waals surface area contributed by atoms with Gasteiger partial charge in [0, 0.05) is 0 Å². The molecule has 0 bridgehead atoms. The summed E-state index contributed by atoms with van der Waals surface area (Å²) in [6, 6.07) is 11.0. The zero-order valence-electron chi connectivity index (χ0n) is 10.5. The monoisotopic (exact) mass is 273 g/mol. The number of carboxylic acid groups (broad SMARTS) is 1. The van der Waals surface area contributed by atoms with Crippen LogP contribution in [0.15, 0.2) is 36.4 Å². The van der Waals surface area contributed by atoms with Gasteiger partial charge in [-0.2, -0.15) is 0 Å². The Bertz CT molecular complexity index is 404. The lowest BCUT2D eigenvalue weighted by Gasteiger charge is -2.10. The topological polar surface area (TPSA) is 83.5 Å². The van der Waals surface area contributed by atoms with E-state index in [0.29, 0.717) is 12.8 Å². The largest absolute Gasteiger partial charge is 0.480 e. The van der Waals surface area contributed by atoms with Gasteiger partial charge in [-0.05, 0) is 6.42 Å². The molecule has 1 rings (SSSR count). The molecule has 0 amide bonds. The third kappa shape index (κ3) is 9.80. The van der Waals surface area contributed by atoms with Crippen molar-refractivity contribution in [3.8, 4) is 0 Å². The van der Waals surface area contributed by atoms with Crippen LogP contribution in [0, 0.1) is 0 Å². The highest BCUT2D eigenvalue weighted by molar-refractivity contribution is 7.88. The summed E-state index contributed by atoms with van der Waals surface area (Å²) in [5.41, 5.74) is 0. The fourth-order valence-electron chi connectivity index (χ4n) is 1.16. The molecule has 0 aliphatic heterocycles. The molecule has 0 aliphatic rings. The van der Waals surface area contributed by atoms with Gasteiger partial charge in [-0.25, -0.2) is 13.1 Å². The van der Waals surface area contributed by atoms with Gasteiger partial charge in [0.2, 0.25) is 10.0 Å². The van der Waals surface area contributed by atoms with Gasteiger partial charge in [0.1, 0.15) is 6.04 Å². The molecule has 0 spiro atoms. The van der Waals surface area contributed by atoms with Crippen LogP contribution in [0.1, 0.15) is 19.8 Å². The summed E-state index contributed by atoms with van der Waals surface area (Å²) in [4.78, 5) is 10.4. The van der Waals surface area contributed by atoms with Crippen molar-refractivity contribution >= 4 is 16.0 Å². The first kappa shape index (κ1) is 16.6. The van der Waals surface area contributed by atoms with Gasteiger partial charge in [0.25, 0.3) is 0 Å². The minimum absolute atomic E-state index is 0.308. The first-order valence-electron chi connectivity index (χ1n) is 5.57. The van der Waals surface area contributed by atoms with Crippen molar-refractivity contribution in [2.24, 2.45) is 0 Å². The van der Waals surface area contributed by atoms with Crippen LogP contribution < -0.4 is 4.72 Å². The summed E-state index contributed by atoms with van der Waals surface area (Å²) in [5, 5.41) is 8.54. The lowest BCUT2D eigenvalue weighted by molar-refractivity contribution is -0.139. The average Bonchev–Trinajstić information content (AvgIpc) is 2.30. The van der Waals surface area contributed by atoms with Crippen LogP contribution in [0.25, 0.3) is 0 Å². The summed E-state index contributed by atoms with van der Waals surface area (Å²) in [5.74, 6) is -1.14. The van der Waals surface area contributed by atoms with Crippen molar-refractivity contribution in [2.45, 2.75) is 25.8 Å². The second kappa shape index (κ2) is 8.66. The summed E-state index contributed by atoms with van der Waals surface area (Å²) >= 11 is 0. The third-order valence-corrected chi connectivity index (χ3v) is 2.61. The summed E-state index contributed by atoms with van der Waals surface area (Å²) in [6.07, 6.45) is 1.88. The Hall–Kier alpha value is -1.40. The van der Waals surface area contributed by atoms with Crippen molar-refractivity contribution in [2.75, 3.05) is 6.26 Å². The van der Waals surface area contributed by atoms with Crippen molar-refractivity contribution in [1.29, 1.82) is 0 Å². The molecule has 0 radical (unpaired) electrons. The van der Waals surface area contributed by atoms with Gasteiger partial charge >= 0.3 is 5.97 Å². The molecule has 1 aromatic rings. The molecule has 0 aliphatic carbocycles. The van der Waals surface area contributed by atoms with Gasteiger partial charge in [0.15, 0.2) is 0 Å². The first-order valence-corrected chi connectivity index (χ1v) is 7.46. The molecular formula is C12H19NO4S. The molecule has 1 aromatic carbocycles. The molecule has 0 saturated heterocycles. The molecule has 0 fully saturated rings. The number of rotatable bonds is 5. The van der Waals surface area contributed by atoms with E-state index < -0.39 is 22.0 Å². The number of aliphatic carboxylic acids is 1. The van der Waals surface area contributed by atoms with Crippen LogP contribution in [-0.2, 0) is 14.8 Å². The number of hydrogen-bond donors (Lipinski definition) is 2. The number of benzene rings is 1. The highest BCUT2D eigenvalue weighted by Crippen LogP contribution is 1.97. The molecular weight excluding hydrogens is 254 g/mol. The molecule has 1 unspecified atom stereocenters. The van der Waals surface area contributed by atoms with Gasteiger partial charge in [-0.1, -0.05) is 49.7 Å². The number of carbonyl (C=O) groups is 1. The Morgan fingerprint density at radius 2 is 1.56 bits per heavy atom. The van der Waals surface area contributed by atoms with Crippen LogP contribution in [0.5, 0.6) is 0 Å². The van der Waals surface area contributed by atoms with Crippen molar-refractivity contribution in [3.05, 3.63) is 36.4 Å². The van der Waals surface area contributed by atoms with Crippen LogP contribution in [0.3, 0.4) is 0 Å². The quantitative estimate of drug-likeness (QED) is 0.851. The predicted molar refractivity (Wildman–Crippen MR) is 70.8 cm³/mol. The van der Waals surface area contributed by atoms with E-state index in [-0.39, 0.29) is 0 Å². The lowest BCUT2D eigenvalue weighted by atomic mass is 10.2. The van der Waals surface area contributed by atoms with Crippen LogP contribution in [0.4, 0.5) is 0 Å². The molecule has 18 heavy (non-hydrogen) atoms.